The monoisotopic (exact) mass is 381 g/mol. The number of hydrogen-bond donors (Lipinski definition) is 0. The smallest absolute Gasteiger partial charge is 0.255 e. The number of likely N-dealkylation sites (tertiary alicyclic amines) is 2. The summed E-state index contributed by atoms with van der Waals surface area (Å²) in [4.78, 5) is 32.5. The summed E-state index contributed by atoms with van der Waals surface area (Å²) in [7, 11) is 0. The number of piperidine rings is 2. The van der Waals surface area contributed by atoms with E-state index in [0.717, 1.165) is 76.1 Å². The summed E-state index contributed by atoms with van der Waals surface area (Å²) in [5, 5.41) is 0. The van der Waals surface area contributed by atoms with Crippen molar-refractivity contribution in [1.82, 2.24) is 9.80 Å². The molecule has 0 unspecified atom stereocenters. The highest BCUT2D eigenvalue weighted by Gasteiger charge is 2.46. The SMILES string of the molecule is O=C(c1ccccc1N1CCCC1)N1CCC[C@]2(CCC(=O)N(C3CC3)C2)C1. The predicted octanol–water partition coefficient (Wildman–Crippen LogP) is 3.29. The van der Waals surface area contributed by atoms with E-state index in [4.69, 9.17) is 0 Å². The molecular formula is C23H31N3O2. The van der Waals surface area contributed by atoms with Gasteiger partial charge in [-0.15, -0.1) is 0 Å². The summed E-state index contributed by atoms with van der Waals surface area (Å²) in [5.41, 5.74) is 2.06. The number of carbonyl (C=O) groups is 2. The van der Waals surface area contributed by atoms with Crippen LogP contribution in [0.1, 0.15) is 61.7 Å². The number of para-hydroxylation sites is 1. The second kappa shape index (κ2) is 7.09. The van der Waals surface area contributed by atoms with Gasteiger partial charge in [0.15, 0.2) is 0 Å². The molecule has 0 radical (unpaired) electrons. The standard InChI is InChI=1S/C23H31N3O2/c27-21-10-12-23(17-26(21)18-8-9-18)11-5-15-25(16-23)22(28)19-6-1-2-7-20(19)24-13-3-4-14-24/h1-2,6-7,18H,3-5,8-17H2/t23-/m0/s1. The number of carbonyl (C=O) groups excluding carboxylic acids is 2. The van der Waals surface area contributed by atoms with Crippen LogP contribution in [-0.2, 0) is 4.79 Å². The van der Waals surface area contributed by atoms with Crippen LogP contribution in [0.15, 0.2) is 24.3 Å². The Morgan fingerprint density at radius 3 is 2.54 bits per heavy atom. The van der Waals surface area contributed by atoms with Crippen LogP contribution in [0.3, 0.4) is 0 Å². The first kappa shape index (κ1) is 18.0. The lowest BCUT2D eigenvalue weighted by atomic mass is 9.73. The van der Waals surface area contributed by atoms with Gasteiger partial charge in [-0.3, -0.25) is 9.59 Å². The average molecular weight is 382 g/mol. The third-order valence-electron chi connectivity index (χ3n) is 7.21. The maximum atomic E-state index is 13.5. The van der Waals surface area contributed by atoms with E-state index in [1.165, 1.54) is 12.8 Å². The maximum absolute atomic E-state index is 13.5. The van der Waals surface area contributed by atoms with Crippen LogP contribution >= 0.6 is 0 Å². The van der Waals surface area contributed by atoms with E-state index in [-0.39, 0.29) is 11.3 Å². The molecule has 1 spiro atoms. The lowest BCUT2D eigenvalue weighted by molar-refractivity contribution is -0.139. The molecule has 5 nitrogen and oxygen atoms in total. The van der Waals surface area contributed by atoms with Gasteiger partial charge < -0.3 is 14.7 Å². The second-order valence-corrected chi connectivity index (χ2v) is 9.29. The molecule has 28 heavy (non-hydrogen) atoms. The molecule has 150 valence electrons. The molecule has 3 saturated heterocycles. The summed E-state index contributed by atoms with van der Waals surface area (Å²) in [6, 6.07) is 8.61. The Kier molecular flexibility index (Phi) is 4.56. The van der Waals surface area contributed by atoms with E-state index in [1.807, 2.05) is 18.2 Å². The van der Waals surface area contributed by atoms with Crippen molar-refractivity contribution in [2.75, 3.05) is 37.6 Å². The van der Waals surface area contributed by atoms with Gasteiger partial charge in [-0.25, -0.2) is 0 Å². The molecule has 0 bridgehead atoms. The highest BCUT2D eigenvalue weighted by Crippen LogP contribution is 2.43. The van der Waals surface area contributed by atoms with Gasteiger partial charge in [0.05, 0.1) is 5.56 Å². The largest absolute Gasteiger partial charge is 0.371 e. The molecule has 5 rings (SSSR count). The van der Waals surface area contributed by atoms with Crippen LogP contribution < -0.4 is 4.90 Å². The van der Waals surface area contributed by atoms with E-state index >= 15 is 0 Å². The van der Waals surface area contributed by atoms with Crippen molar-refractivity contribution in [2.24, 2.45) is 5.41 Å². The van der Waals surface area contributed by atoms with Gasteiger partial charge in [0, 0.05) is 56.3 Å². The molecule has 3 heterocycles. The van der Waals surface area contributed by atoms with E-state index < -0.39 is 0 Å². The molecule has 1 aromatic carbocycles. The van der Waals surface area contributed by atoms with Gasteiger partial charge in [-0.1, -0.05) is 12.1 Å². The first-order valence-corrected chi connectivity index (χ1v) is 11.1. The molecule has 4 aliphatic rings. The molecule has 1 atom stereocenters. The lowest BCUT2D eigenvalue weighted by Gasteiger charge is -2.48. The zero-order valence-corrected chi connectivity index (χ0v) is 16.7. The number of benzene rings is 1. The summed E-state index contributed by atoms with van der Waals surface area (Å²) in [5.74, 6) is 0.507. The fourth-order valence-corrected chi connectivity index (χ4v) is 5.54. The molecule has 0 N–H and O–H groups in total. The summed E-state index contributed by atoms with van der Waals surface area (Å²) < 4.78 is 0. The molecule has 1 aliphatic carbocycles. The highest BCUT2D eigenvalue weighted by atomic mass is 16.2. The van der Waals surface area contributed by atoms with Gasteiger partial charge in [0.2, 0.25) is 5.91 Å². The van der Waals surface area contributed by atoms with E-state index in [0.29, 0.717) is 18.4 Å². The van der Waals surface area contributed by atoms with Crippen molar-refractivity contribution in [3.8, 4) is 0 Å². The first-order chi connectivity index (χ1) is 13.7. The molecule has 0 aromatic heterocycles. The Balaban J connectivity index is 1.35. The maximum Gasteiger partial charge on any atom is 0.255 e. The van der Waals surface area contributed by atoms with Crippen LogP contribution in [0, 0.1) is 5.41 Å². The second-order valence-electron chi connectivity index (χ2n) is 9.29. The number of hydrogen-bond acceptors (Lipinski definition) is 3. The van der Waals surface area contributed by atoms with Crippen molar-refractivity contribution in [3.05, 3.63) is 29.8 Å². The predicted molar refractivity (Wildman–Crippen MR) is 109 cm³/mol. The fourth-order valence-electron chi connectivity index (χ4n) is 5.54. The molecule has 4 fully saturated rings. The Labute approximate surface area is 167 Å². The number of anilines is 1. The summed E-state index contributed by atoms with van der Waals surface area (Å²) in [6.45, 7) is 4.59. The Bertz CT molecular complexity index is 769. The van der Waals surface area contributed by atoms with Crippen molar-refractivity contribution in [2.45, 2.75) is 57.4 Å². The Morgan fingerprint density at radius 2 is 1.75 bits per heavy atom. The van der Waals surface area contributed by atoms with Gasteiger partial charge >= 0.3 is 0 Å². The minimum Gasteiger partial charge on any atom is -0.371 e. The lowest BCUT2D eigenvalue weighted by Crippen LogP contribution is -2.55. The van der Waals surface area contributed by atoms with E-state index in [1.54, 1.807) is 0 Å². The van der Waals surface area contributed by atoms with E-state index in [2.05, 4.69) is 20.8 Å². The van der Waals surface area contributed by atoms with Crippen molar-refractivity contribution in [3.63, 3.8) is 0 Å². The van der Waals surface area contributed by atoms with Gasteiger partial charge in [-0.05, 0) is 57.1 Å². The molecule has 1 aromatic rings. The molecule has 1 saturated carbocycles. The average Bonchev–Trinajstić information content (AvgIpc) is 3.43. The van der Waals surface area contributed by atoms with Crippen molar-refractivity contribution in [1.29, 1.82) is 0 Å². The number of amides is 2. The van der Waals surface area contributed by atoms with Crippen molar-refractivity contribution >= 4 is 17.5 Å². The van der Waals surface area contributed by atoms with Crippen LogP contribution in [0.2, 0.25) is 0 Å². The third kappa shape index (κ3) is 3.29. The number of nitrogens with zero attached hydrogens (tertiary/aromatic N) is 3. The van der Waals surface area contributed by atoms with Crippen molar-refractivity contribution < 1.29 is 9.59 Å². The van der Waals surface area contributed by atoms with Crippen LogP contribution in [0.25, 0.3) is 0 Å². The Hall–Kier alpha value is -2.04. The minimum absolute atomic E-state index is 0.104. The quantitative estimate of drug-likeness (QED) is 0.807. The van der Waals surface area contributed by atoms with Crippen LogP contribution in [-0.4, -0.2) is 60.4 Å². The van der Waals surface area contributed by atoms with Gasteiger partial charge in [0.1, 0.15) is 0 Å². The van der Waals surface area contributed by atoms with Crippen LogP contribution in [0.4, 0.5) is 5.69 Å². The molecule has 3 aliphatic heterocycles. The summed E-state index contributed by atoms with van der Waals surface area (Å²) >= 11 is 0. The molecular weight excluding hydrogens is 350 g/mol. The van der Waals surface area contributed by atoms with Crippen LogP contribution in [0.5, 0.6) is 0 Å². The normalized spacial score (nSPS) is 28.3. The van der Waals surface area contributed by atoms with Gasteiger partial charge in [-0.2, -0.15) is 0 Å². The van der Waals surface area contributed by atoms with Gasteiger partial charge in [0.25, 0.3) is 5.91 Å². The first-order valence-electron chi connectivity index (χ1n) is 11.1. The molecule has 2 amide bonds. The minimum atomic E-state index is 0.104. The zero-order chi connectivity index (χ0) is 19.1. The number of rotatable bonds is 3. The fraction of sp³-hybridized carbons (Fsp3) is 0.652. The Morgan fingerprint density at radius 1 is 0.964 bits per heavy atom. The van der Waals surface area contributed by atoms with E-state index in [9.17, 15) is 9.59 Å². The topological polar surface area (TPSA) is 43.9 Å². The highest BCUT2D eigenvalue weighted by molar-refractivity contribution is 6.00. The third-order valence-corrected chi connectivity index (χ3v) is 7.21. The molecule has 5 heteroatoms. The zero-order valence-electron chi connectivity index (χ0n) is 16.7. The summed E-state index contributed by atoms with van der Waals surface area (Å²) in [6.07, 6.45) is 8.52.